The fourth-order valence-corrected chi connectivity index (χ4v) is 2.03. The Balaban J connectivity index is 2.16. The summed E-state index contributed by atoms with van der Waals surface area (Å²) >= 11 is 5.88. The number of benzene rings is 1. The monoisotopic (exact) mass is 304 g/mol. The number of esters is 1. The van der Waals surface area contributed by atoms with Crippen LogP contribution in [0.1, 0.15) is 29.9 Å². The van der Waals surface area contributed by atoms with E-state index in [0.29, 0.717) is 16.6 Å². The van der Waals surface area contributed by atoms with E-state index in [1.54, 1.807) is 30.3 Å². The van der Waals surface area contributed by atoms with Gasteiger partial charge in [0.25, 0.3) is 0 Å². The molecule has 5 heteroatoms. The van der Waals surface area contributed by atoms with Crippen molar-refractivity contribution in [2.24, 2.45) is 0 Å². The molecule has 1 aromatic carbocycles. The number of hydrogen-bond donors (Lipinski definition) is 1. The Morgan fingerprint density at radius 3 is 2.71 bits per heavy atom. The molecule has 0 unspecified atom stereocenters. The van der Waals surface area contributed by atoms with Crippen LogP contribution in [-0.4, -0.2) is 17.0 Å². The van der Waals surface area contributed by atoms with Gasteiger partial charge in [0.1, 0.15) is 11.6 Å². The van der Waals surface area contributed by atoms with Crippen molar-refractivity contribution in [1.29, 1.82) is 0 Å². The maximum absolute atomic E-state index is 12.1. The summed E-state index contributed by atoms with van der Waals surface area (Å²) in [4.78, 5) is 16.4. The smallest absolute Gasteiger partial charge is 0.362 e. The second kappa shape index (κ2) is 6.59. The minimum Gasteiger partial charge on any atom is -0.422 e. The lowest BCUT2D eigenvalue weighted by atomic mass is 10.2. The molecule has 1 heterocycles. The number of carbonyl (C=O) groups excluding carboxylic acids is 1. The van der Waals surface area contributed by atoms with Crippen LogP contribution in [0, 0.1) is 6.92 Å². The van der Waals surface area contributed by atoms with Crippen molar-refractivity contribution in [2.45, 2.75) is 26.8 Å². The van der Waals surface area contributed by atoms with E-state index in [2.05, 4.69) is 10.3 Å². The molecule has 0 spiro atoms. The fourth-order valence-electron chi connectivity index (χ4n) is 1.80. The lowest BCUT2D eigenvalue weighted by Gasteiger charge is -2.10. The third-order valence-electron chi connectivity index (χ3n) is 2.73. The van der Waals surface area contributed by atoms with Gasteiger partial charge in [0.2, 0.25) is 0 Å². The van der Waals surface area contributed by atoms with Crippen molar-refractivity contribution >= 4 is 23.4 Å². The van der Waals surface area contributed by atoms with Crippen LogP contribution in [0.3, 0.4) is 0 Å². The van der Waals surface area contributed by atoms with E-state index >= 15 is 0 Å². The zero-order valence-electron chi connectivity index (χ0n) is 12.2. The lowest BCUT2D eigenvalue weighted by molar-refractivity contribution is 0.0727. The third-order valence-corrected chi connectivity index (χ3v) is 2.97. The Kier molecular flexibility index (Phi) is 4.81. The number of aromatic nitrogens is 1. The molecular formula is C16H17ClN2O2. The number of carbonyl (C=O) groups is 1. The van der Waals surface area contributed by atoms with Crippen LogP contribution in [0.15, 0.2) is 36.4 Å². The molecular weight excluding hydrogens is 288 g/mol. The number of nitrogens with one attached hydrogen (secondary N) is 1. The maximum atomic E-state index is 12.1. The van der Waals surface area contributed by atoms with E-state index in [1.807, 2.05) is 26.8 Å². The molecule has 0 aliphatic rings. The number of rotatable bonds is 4. The van der Waals surface area contributed by atoms with Gasteiger partial charge in [-0.3, -0.25) is 0 Å². The van der Waals surface area contributed by atoms with Crippen LogP contribution < -0.4 is 10.1 Å². The maximum Gasteiger partial charge on any atom is 0.362 e. The van der Waals surface area contributed by atoms with Gasteiger partial charge in [-0.25, -0.2) is 9.78 Å². The van der Waals surface area contributed by atoms with Crippen molar-refractivity contribution in [2.75, 3.05) is 5.32 Å². The van der Waals surface area contributed by atoms with Gasteiger partial charge in [0.15, 0.2) is 5.69 Å². The van der Waals surface area contributed by atoms with E-state index in [1.165, 1.54) is 0 Å². The average molecular weight is 305 g/mol. The Hall–Kier alpha value is -2.07. The first-order valence-electron chi connectivity index (χ1n) is 6.67. The summed E-state index contributed by atoms with van der Waals surface area (Å²) in [5.74, 6) is 0.633. The van der Waals surface area contributed by atoms with Crippen LogP contribution in [0.25, 0.3) is 0 Å². The normalized spacial score (nSPS) is 10.5. The highest BCUT2D eigenvalue weighted by molar-refractivity contribution is 6.30. The third kappa shape index (κ3) is 4.20. The van der Waals surface area contributed by atoms with Gasteiger partial charge < -0.3 is 10.1 Å². The van der Waals surface area contributed by atoms with Crippen molar-refractivity contribution in [3.05, 3.63) is 52.7 Å². The lowest BCUT2D eigenvalue weighted by Crippen LogP contribution is -2.15. The minimum absolute atomic E-state index is 0.238. The molecule has 0 saturated carbocycles. The Labute approximate surface area is 129 Å². The number of ether oxygens (including phenoxy) is 1. The second-order valence-corrected chi connectivity index (χ2v) is 5.44. The summed E-state index contributed by atoms with van der Waals surface area (Å²) in [7, 11) is 0. The first kappa shape index (κ1) is 15.3. The van der Waals surface area contributed by atoms with Crippen molar-refractivity contribution < 1.29 is 9.53 Å². The molecule has 0 fully saturated rings. The zero-order chi connectivity index (χ0) is 15.4. The molecule has 1 N–H and O–H groups in total. The molecule has 0 aliphatic heterocycles. The molecule has 2 aromatic rings. The van der Waals surface area contributed by atoms with Gasteiger partial charge in [-0.2, -0.15) is 0 Å². The highest BCUT2D eigenvalue weighted by Crippen LogP contribution is 2.22. The number of anilines is 1. The average Bonchev–Trinajstić information content (AvgIpc) is 2.41. The van der Waals surface area contributed by atoms with E-state index in [-0.39, 0.29) is 11.7 Å². The highest BCUT2D eigenvalue weighted by atomic mass is 35.5. The van der Waals surface area contributed by atoms with Gasteiger partial charge >= 0.3 is 5.97 Å². The summed E-state index contributed by atoms with van der Waals surface area (Å²) in [5, 5.41) is 3.75. The second-order valence-electron chi connectivity index (χ2n) is 5.01. The van der Waals surface area contributed by atoms with Gasteiger partial charge in [0.05, 0.1) is 0 Å². The van der Waals surface area contributed by atoms with Crippen molar-refractivity contribution in [3.63, 3.8) is 0 Å². The topological polar surface area (TPSA) is 51.2 Å². The van der Waals surface area contributed by atoms with Crippen molar-refractivity contribution in [3.8, 4) is 5.75 Å². The molecule has 0 bridgehead atoms. The SMILES string of the molecule is Cc1cc(Cl)ccc1OC(=O)c1cccc(NC(C)C)n1. The summed E-state index contributed by atoms with van der Waals surface area (Å²) < 4.78 is 5.36. The van der Waals surface area contributed by atoms with Crippen LogP contribution in [0.2, 0.25) is 5.02 Å². The van der Waals surface area contributed by atoms with Gasteiger partial charge in [-0.15, -0.1) is 0 Å². The molecule has 110 valence electrons. The predicted octanol–water partition coefficient (Wildman–Crippen LogP) is 4.08. The van der Waals surface area contributed by atoms with Gasteiger partial charge in [-0.1, -0.05) is 17.7 Å². The molecule has 21 heavy (non-hydrogen) atoms. The van der Waals surface area contributed by atoms with Crippen molar-refractivity contribution in [1.82, 2.24) is 4.98 Å². The van der Waals surface area contributed by atoms with Crippen LogP contribution >= 0.6 is 11.6 Å². The summed E-state index contributed by atoms with van der Waals surface area (Å²) in [6.07, 6.45) is 0. The molecule has 0 radical (unpaired) electrons. The van der Waals surface area contributed by atoms with E-state index in [4.69, 9.17) is 16.3 Å². The first-order valence-corrected chi connectivity index (χ1v) is 7.05. The largest absolute Gasteiger partial charge is 0.422 e. The molecule has 0 aliphatic carbocycles. The number of nitrogens with zero attached hydrogens (tertiary/aromatic N) is 1. The molecule has 0 saturated heterocycles. The molecule has 0 amide bonds. The molecule has 4 nitrogen and oxygen atoms in total. The summed E-state index contributed by atoms with van der Waals surface area (Å²) in [5.41, 5.74) is 1.06. The van der Waals surface area contributed by atoms with E-state index in [9.17, 15) is 4.79 Å². The standard InChI is InChI=1S/C16H17ClN2O2/c1-10(2)18-15-6-4-5-13(19-15)16(20)21-14-8-7-12(17)9-11(14)3/h4-10H,1-3H3,(H,18,19). The number of halogens is 1. The number of hydrogen-bond acceptors (Lipinski definition) is 4. The molecule has 1 aromatic heterocycles. The van der Waals surface area contributed by atoms with E-state index < -0.39 is 5.97 Å². The van der Waals surface area contributed by atoms with Gasteiger partial charge in [0, 0.05) is 11.1 Å². The first-order chi connectivity index (χ1) is 9.95. The molecule has 2 rings (SSSR count). The Morgan fingerprint density at radius 2 is 2.05 bits per heavy atom. The molecule has 0 atom stereocenters. The zero-order valence-corrected chi connectivity index (χ0v) is 12.9. The Bertz CT molecular complexity index is 656. The number of aryl methyl sites for hydroxylation is 1. The quantitative estimate of drug-likeness (QED) is 0.683. The Morgan fingerprint density at radius 1 is 1.29 bits per heavy atom. The highest BCUT2D eigenvalue weighted by Gasteiger charge is 2.12. The summed E-state index contributed by atoms with van der Waals surface area (Å²) in [6, 6.07) is 10.5. The van der Waals surface area contributed by atoms with Gasteiger partial charge in [-0.05, 0) is 56.7 Å². The van der Waals surface area contributed by atoms with Crippen LogP contribution in [0.4, 0.5) is 5.82 Å². The predicted molar refractivity (Wildman–Crippen MR) is 84.1 cm³/mol. The minimum atomic E-state index is -0.493. The summed E-state index contributed by atoms with van der Waals surface area (Å²) in [6.45, 7) is 5.84. The van der Waals surface area contributed by atoms with E-state index in [0.717, 1.165) is 5.56 Å². The number of pyridine rings is 1. The van der Waals surface area contributed by atoms with Crippen LogP contribution in [0.5, 0.6) is 5.75 Å². The fraction of sp³-hybridized carbons (Fsp3) is 0.250. The van der Waals surface area contributed by atoms with Crippen LogP contribution in [-0.2, 0) is 0 Å².